The fourth-order valence-corrected chi connectivity index (χ4v) is 4.41. The predicted molar refractivity (Wildman–Crippen MR) is 91.6 cm³/mol. The van der Waals surface area contributed by atoms with Gasteiger partial charge in [-0.05, 0) is 18.2 Å². The maximum absolute atomic E-state index is 13.6. The van der Waals surface area contributed by atoms with Crippen molar-refractivity contribution < 1.29 is 17.5 Å². The molecule has 0 fully saturated rings. The van der Waals surface area contributed by atoms with Crippen LogP contribution in [-0.2, 0) is 10.0 Å². The Kier molecular flexibility index (Phi) is 4.00. The molecule has 8 heteroatoms. The summed E-state index contributed by atoms with van der Waals surface area (Å²) in [4.78, 5) is 1.83. The molecule has 6 nitrogen and oxygen atoms in total. The molecule has 0 saturated heterocycles. The third kappa shape index (κ3) is 2.52. The van der Waals surface area contributed by atoms with Crippen LogP contribution in [0.25, 0.3) is 0 Å². The second-order valence-electron chi connectivity index (χ2n) is 5.51. The molecule has 0 saturated carbocycles. The van der Waals surface area contributed by atoms with Gasteiger partial charge in [0.2, 0.25) is 0 Å². The number of nitrogens with zero attached hydrogens (tertiary/aromatic N) is 2. The first-order chi connectivity index (χ1) is 11.4. The van der Waals surface area contributed by atoms with E-state index < -0.39 is 15.8 Å². The standard InChI is InChI=1S/C16H18FN3O3S/c1-19-7-8-20(14-6-4-3-5-13(14)19)24(21,22)16-10-12(18)11(17)9-15(16)23-2/h3-6,9-10H,7-8,18H2,1-2H3. The number of likely N-dealkylation sites (N-methyl/N-ethyl adjacent to an activating group) is 1. The highest BCUT2D eigenvalue weighted by Crippen LogP contribution is 2.38. The number of halogens is 1. The molecule has 0 atom stereocenters. The van der Waals surface area contributed by atoms with Crippen molar-refractivity contribution in [1.29, 1.82) is 0 Å². The van der Waals surface area contributed by atoms with E-state index in [1.165, 1.54) is 11.4 Å². The van der Waals surface area contributed by atoms with Crippen molar-refractivity contribution in [2.24, 2.45) is 0 Å². The lowest BCUT2D eigenvalue weighted by Gasteiger charge is -2.36. The number of hydrogen-bond donors (Lipinski definition) is 1. The van der Waals surface area contributed by atoms with Crippen LogP contribution in [0.15, 0.2) is 41.3 Å². The van der Waals surface area contributed by atoms with Crippen LogP contribution in [0.1, 0.15) is 0 Å². The Morgan fingerprint density at radius 3 is 2.50 bits per heavy atom. The number of anilines is 3. The molecular weight excluding hydrogens is 333 g/mol. The summed E-state index contributed by atoms with van der Waals surface area (Å²) < 4.78 is 46.3. The van der Waals surface area contributed by atoms with Gasteiger partial charge in [0, 0.05) is 19.7 Å². The summed E-state index contributed by atoms with van der Waals surface area (Å²) in [7, 11) is -0.750. The minimum Gasteiger partial charge on any atom is -0.495 e. The fourth-order valence-electron chi connectivity index (χ4n) is 2.76. The van der Waals surface area contributed by atoms with Gasteiger partial charge >= 0.3 is 0 Å². The van der Waals surface area contributed by atoms with Crippen LogP contribution in [0.2, 0.25) is 0 Å². The first-order valence-electron chi connectivity index (χ1n) is 7.32. The number of nitrogen functional groups attached to an aromatic ring is 1. The number of methoxy groups -OCH3 is 1. The summed E-state index contributed by atoms with van der Waals surface area (Å²) in [5.41, 5.74) is 6.70. The third-order valence-corrected chi connectivity index (χ3v) is 5.89. The number of rotatable bonds is 3. The molecule has 3 rings (SSSR count). The van der Waals surface area contributed by atoms with Crippen LogP contribution in [0, 0.1) is 5.82 Å². The van der Waals surface area contributed by atoms with Gasteiger partial charge in [0.05, 0.1) is 30.7 Å². The molecule has 0 spiro atoms. The average molecular weight is 351 g/mol. The second kappa shape index (κ2) is 5.86. The second-order valence-corrected chi connectivity index (χ2v) is 7.34. The Balaban J connectivity index is 2.17. The summed E-state index contributed by atoms with van der Waals surface area (Å²) >= 11 is 0. The number of nitrogens with two attached hydrogens (primary N) is 1. The van der Waals surface area contributed by atoms with Gasteiger partial charge in [-0.25, -0.2) is 12.8 Å². The number of para-hydroxylation sites is 2. The van der Waals surface area contributed by atoms with E-state index in [1.54, 1.807) is 12.1 Å². The average Bonchev–Trinajstić information content (AvgIpc) is 2.57. The van der Waals surface area contributed by atoms with Crippen LogP contribution < -0.4 is 19.7 Å². The molecule has 24 heavy (non-hydrogen) atoms. The monoisotopic (exact) mass is 351 g/mol. The quantitative estimate of drug-likeness (QED) is 0.857. The summed E-state index contributed by atoms with van der Waals surface area (Å²) in [6.07, 6.45) is 0. The summed E-state index contributed by atoms with van der Waals surface area (Å²) in [6, 6.07) is 9.31. The smallest absolute Gasteiger partial charge is 0.268 e. The molecule has 0 radical (unpaired) electrons. The van der Waals surface area contributed by atoms with E-state index in [0.29, 0.717) is 12.2 Å². The lowest BCUT2D eigenvalue weighted by atomic mass is 10.2. The zero-order valence-electron chi connectivity index (χ0n) is 13.4. The topological polar surface area (TPSA) is 75.9 Å². The molecule has 1 aliphatic heterocycles. The van der Waals surface area contributed by atoms with E-state index in [1.807, 2.05) is 24.1 Å². The van der Waals surface area contributed by atoms with Gasteiger partial charge in [-0.2, -0.15) is 0 Å². The number of hydrogen-bond acceptors (Lipinski definition) is 5. The van der Waals surface area contributed by atoms with E-state index in [2.05, 4.69) is 0 Å². The summed E-state index contributed by atoms with van der Waals surface area (Å²) in [6.45, 7) is 0.811. The third-order valence-electron chi connectivity index (χ3n) is 4.05. The van der Waals surface area contributed by atoms with Crippen LogP contribution in [-0.4, -0.2) is 35.7 Å². The molecule has 0 unspecified atom stereocenters. The van der Waals surface area contributed by atoms with Gasteiger partial charge in [-0.3, -0.25) is 4.31 Å². The maximum atomic E-state index is 13.6. The highest BCUT2D eigenvalue weighted by molar-refractivity contribution is 7.93. The van der Waals surface area contributed by atoms with E-state index in [4.69, 9.17) is 10.5 Å². The molecule has 0 aromatic heterocycles. The van der Waals surface area contributed by atoms with E-state index in [9.17, 15) is 12.8 Å². The lowest BCUT2D eigenvalue weighted by Crippen LogP contribution is -2.42. The van der Waals surface area contributed by atoms with Crippen LogP contribution in [0.5, 0.6) is 5.75 Å². The maximum Gasteiger partial charge on any atom is 0.268 e. The molecule has 0 aliphatic carbocycles. The van der Waals surface area contributed by atoms with Gasteiger partial charge in [0.25, 0.3) is 10.0 Å². The first-order valence-corrected chi connectivity index (χ1v) is 8.76. The van der Waals surface area contributed by atoms with Crippen molar-refractivity contribution >= 4 is 27.1 Å². The zero-order valence-corrected chi connectivity index (χ0v) is 14.2. The van der Waals surface area contributed by atoms with Crippen LogP contribution in [0.3, 0.4) is 0 Å². The number of sulfonamides is 1. The van der Waals surface area contributed by atoms with E-state index >= 15 is 0 Å². The molecule has 0 bridgehead atoms. The van der Waals surface area contributed by atoms with Crippen molar-refractivity contribution in [3.8, 4) is 5.75 Å². The molecule has 2 N–H and O–H groups in total. The Morgan fingerprint density at radius 1 is 1.17 bits per heavy atom. The Hall–Kier alpha value is -2.48. The van der Waals surface area contributed by atoms with E-state index in [0.717, 1.165) is 17.8 Å². The summed E-state index contributed by atoms with van der Waals surface area (Å²) in [5, 5.41) is 0. The van der Waals surface area contributed by atoms with Crippen molar-refractivity contribution in [2.75, 3.05) is 42.2 Å². The minimum absolute atomic E-state index is 0.0712. The van der Waals surface area contributed by atoms with E-state index in [-0.39, 0.29) is 22.9 Å². The fraction of sp³-hybridized carbons (Fsp3) is 0.250. The van der Waals surface area contributed by atoms with Gasteiger partial charge in [0.1, 0.15) is 16.5 Å². The molecule has 1 heterocycles. The van der Waals surface area contributed by atoms with Crippen LogP contribution in [0.4, 0.5) is 21.5 Å². The zero-order chi connectivity index (χ0) is 17.5. The predicted octanol–water partition coefficient (Wildman–Crippen LogP) is 2.06. The van der Waals surface area contributed by atoms with Crippen molar-refractivity contribution in [2.45, 2.75) is 4.90 Å². The Morgan fingerprint density at radius 2 is 1.83 bits per heavy atom. The Bertz CT molecular complexity index is 886. The number of fused-ring (bicyclic) bond motifs is 1. The van der Waals surface area contributed by atoms with Crippen molar-refractivity contribution in [3.05, 3.63) is 42.2 Å². The van der Waals surface area contributed by atoms with Crippen molar-refractivity contribution in [3.63, 3.8) is 0 Å². The molecule has 128 valence electrons. The SMILES string of the molecule is COc1cc(F)c(N)cc1S(=O)(=O)N1CCN(C)c2ccccc21. The highest BCUT2D eigenvalue weighted by Gasteiger charge is 2.33. The molecule has 1 aliphatic rings. The molecule has 0 amide bonds. The Labute approximate surface area is 140 Å². The van der Waals surface area contributed by atoms with Gasteiger partial charge in [-0.1, -0.05) is 12.1 Å². The summed E-state index contributed by atoms with van der Waals surface area (Å²) in [5.74, 6) is -0.789. The van der Waals surface area contributed by atoms with Crippen LogP contribution >= 0.6 is 0 Å². The lowest BCUT2D eigenvalue weighted by molar-refractivity contribution is 0.399. The largest absolute Gasteiger partial charge is 0.495 e. The van der Waals surface area contributed by atoms with Gasteiger partial charge in [0.15, 0.2) is 0 Å². The molecular formula is C16H18FN3O3S. The number of benzene rings is 2. The minimum atomic E-state index is -3.95. The normalized spacial score (nSPS) is 14.5. The molecule has 2 aromatic rings. The number of ether oxygens (including phenoxy) is 1. The van der Waals surface area contributed by atoms with Gasteiger partial charge in [-0.15, -0.1) is 0 Å². The first kappa shape index (κ1) is 16.4. The molecule has 2 aromatic carbocycles. The highest BCUT2D eigenvalue weighted by atomic mass is 32.2. The van der Waals surface area contributed by atoms with Gasteiger partial charge < -0.3 is 15.4 Å². The van der Waals surface area contributed by atoms with Crippen molar-refractivity contribution in [1.82, 2.24) is 0 Å².